The minimum Gasteiger partial charge on any atom is -0.454 e. The van der Waals surface area contributed by atoms with Gasteiger partial charge in [-0.25, -0.2) is 4.79 Å². The maximum absolute atomic E-state index is 13.0. The summed E-state index contributed by atoms with van der Waals surface area (Å²) < 4.78 is 16.2. The molecule has 0 spiro atoms. The molecule has 0 atom stereocenters. The van der Waals surface area contributed by atoms with E-state index in [0.717, 1.165) is 47.6 Å². The molecule has 3 heterocycles. The summed E-state index contributed by atoms with van der Waals surface area (Å²) >= 11 is 0. The molecule has 5 rings (SSSR count). The summed E-state index contributed by atoms with van der Waals surface area (Å²) in [6.07, 6.45) is 0. The molecule has 0 bridgehead atoms. The lowest BCUT2D eigenvalue weighted by Gasteiger charge is -2.34. The zero-order chi connectivity index (χ0) is 20.7. The average Bonchev–Trinajstić information content (AvgIpc) is 3.22. The number of fused-ring (bicyclic) bond motifs is 2. The highest BCUT2D eigenvalue weighted by Gasteiger charge is 2.25. The predicted molar refractivity (Wildman–Crippen MR) is 111 cm³/mol. The van der Waals surface area contributed by atoms with Gasteiger partial charge in [0.05, 0.1) is 0 Å². The Labute approximate surface area is 173 Å². The first-order valence-corrected chi connectivity index (χ1v) is 10.0. The Balaban J connectivity index is 1.26. The maximum Gasteiger partial charge on any atom is 0.349 e. The van der Waals surface area contributed by atoms with E-state index in [1.165, 1.54) is 0 Å². The molecule has 0 saturated carbocycles. The molecular weight excluding hydrogens is 384 g/mol. The van der Waals surface area contributed by atoms with Crippen molar-refractivity contribution in [3.63, 3.8) is 0 Å². The van der Waals surface area contributed by atoms with Crippen molar-refractivity contribution in [3.8, 4) is 11.5 Å². The van der Waals surface area contributed by atoms with E-state index in [4.69, 9.17) is 13.9 Å². The Bertz CT molecular complexity index is 1180. The van der Waals surface area contributed by atoms with Crippen LogP contribution in [0.1, 0.15) is 21.5 Å². The van der Waals surface area contributed by atoms with Gasteiger partial charge in [-0.05, 0) is 36.2 Å². The lowest BCUT2D eigenvalue weighted by Crippen LogP contribution is -2.49. The van der Waals surface area contributed by atoms with E-state index in [9.17, 15) is 9.59 Å². The summed E-state index contributed by atoms with van der Waals surface area (Å²) in [7, 11) is 0. The molecule has 2 aliphatic heterocycles. The van der Waals surface area contributed by atoms with Crippen LogP contribution >= 0.6 is 0 Å². The van der Waals surface area contributed by atoms with Crippen molar-refractivity contribution >= 4 is 16.9 Å². The van der Waals surface area contributed by atoms with E-state index >= 15 is 0 Å². The molecule has 2 aromatic carbocycles. The lowest BCUT2D eigenvalue weighted by molar-refractivity contribution is 0.0624. The SMILES string of the molecule is Cc1cccc2cc(C(=O)N3CCN(Cc4ccc5c(c4)OCO5)CC3)c(=O)oc12. The number of nitrogens with zero attached hydrogens (tertiary/aromatic N) is 2. The molecule has 1 aromatic heterocycles. The maximum atomic E-state index is 13.0. The second-order valence-electron chi connectivity index (χ2n) is 7.70. The summed E-state index contributed by atoms with van der Waals surface area (Å²) in [5, 5.41) is 0.763. The zero-order valence-corrected chi connectivity index (χ0v) is 16.7. The van der Waals surface area contributed by atoms with Crippen LogP contribution in [0.2, 0.25) is 0 Å². The zero-order valence-electron chi connectivity index (χ0n) is 16.7. The van der Waals surface area contributed by atoms with Gasteiger partial charge in [-0.15, -0.1) is 0 Å². The van der Waals surface area contributed by atoms with Crippen molar-refractivity contribution in [1.82, 2.24) is 9.80 Å². The van der Waals surface area contributed by atoms with Crippen LogP contribution in [0.15, 0.2) is 51.7 Å². The van der Waals surface area contributed by atoms with Gasteiger partial charge in [0.1, 0.15) is 11.1 Å². The number of para-hydroxylation sites is 1. The number of amides is 1. The van der Waals surface area contributed by atoms with Crippen LogP contribution in [0.4, 0.5) is 0 Å². The molecule has 1 amide bonds. The number of ether oxygens (including phenoxy) is 2. The second-order valence-corrected chi connectivity index (χ2v) is 7.70. The first-order valence-electron chi connectivity index (χ1n) is 10.0. The summed E-state index contributed by atoms with van der Waals surface area (Å²) in [6.45, 7) is 5.52. The van der Waals surface area contributed by atoms with Gasteiger partial charge in [0, 0.05) is 38.1 Å². The summed E-state index contributed by atoms with van der Waals surface area (Å²) in [6, 6.07) is 13.2. The van der Waals surface area contributed by atoms with E-state index in [1.54, 1.807) is 11.0 Å². The van der Waals surface area contributed by atoms with Crippen molar-refractivity contribution < 1.29 is 18.7 Å². The van der Waals surface area contributed by atoms with Crippen LogP contribution in [-0.2, 0) is 6.54 Å². The number of piperazine rings is 1. The van der Waals surface area contributed by atoms with Crippen LogP contribution in [-0.4, -0.2) is 48.7 Å². The van der Waals surface area contributed by atoms with Crippen LogP contribution in [0.5, 0.6) is 11.5 Å². The van der Waals surface area contributed by atoms with Gasteiger partial charge >= 0.3 is 5.63 Å². The largest absolute Gasteiger partial charge is 0.454 e. The third-order valence-electron chi connectivity index (χ3n) is 5.69. The number of hydrogen-bond acceptors (Lipinski definition) is 6. The summed E-state index contributed by atoms with van der Waals surface area (Å²) in [5.41, 5.74) is 2.07. The Morgan fingerprint density at radius 1 is 1.00 bits per heavy atom. The summed E-state index contributed by atoms with van der Waals surface area (Å²) in [5.74, 6) is 1.29. The third kappa shape index (κ3) is 3.41. The van der Waals surface area contributed by atoms with Gasteiger partial charge in [-0.2, -0.15) is 0 Å². The van der Waals surface area contributed by atoms with E-state index in [1.807, 2.05) is 43.3 Å². The van der Waals surface area contributed by atoms with E-state index in [2.05, 4.69) is 4.90 Å². The quantitative estimate of drug-likeness (QED) is 0.623. The number of carbonyl (C=O) groups is 1. The molecule has 0 radical (unpaired) electrons. The number of benzene rings is 2. The fourth-order valence-corrected chi connectivity index (χ4v) is 4.02. The van der Waals surface area contributed by atoms with E-state index in [0.29, 0.717) is 18.7 Å². The molecule has 7 nitrogen and oxygen atoms in total. The third-order valence-corrected chi connectivity index (χ3v) is 5.69. The normalized spacial score (nSPS) is 16.2. The van der Waals surface area contributed by atoms with Crippen LogP contribution in [0, 0.1) is 6.92 Å². The fourth-order valence-electron chi connectivity index (χ4n) is 4.02. The highest BCUT2D eigenvalue weighted by atomic mass is 16.7. The first-order chi connectivity index (χ1) is 14.6. The van der Waals surface area contributed by atoms with Crippen LogP contribution in [0.3, 0.4) is 0 Å². The van der Waals surface area contributed by atoms with Crippen molar-refractivity contribution in [3.05, 3.63) is 69.6 Å². The number of rotatable bonds is 3. The van der Waals surface area contributed by atoms with Gasteiger partial charge in [-0.3, -0.25) is 9.69 Å². The van der Waals surface area contributed by atoms with Gasteiger partial charge < -0.3 is 18.8 Å². The predicted octanol–water partition coefficient (Wildman–Crippen LogP) is 2.79. The van der Waals surface area contributed by atoms with Crippen molar-refractivity contribution in [2.24, 2.45) is 0 Å². The topological polar surface area (TPSA) is 72.2 Å². The molecule has 0 N–H and O–H groups in total. The molecule has 0 unspecified atom stereocenters. The molecule has 2 aliphatic rings. The van der Waals surface area contributed by atoms with Gasteiger partial charge in [-0.1, -0.05) is 24.3 Å². The molecule has 1 fully saturated rings. The monoisotopic (exact) mass is 406 g/mol. The minimum atomic E-state index is -0.579. The standard InChI is InChI=1S/C23H22N2O5/c1-15-3-2-4-17-12-18(23(27)30-21(15)17)22(26)25-9-7-24(8-10-25)13-16-5-6-19-20(11-16)29-14-28-19/h2-6,11-12H,7-10,13-14H2,1H3. The number of hydrogen-bond donors (Lipinski definition) is 0. The fraction of sp³-hybridized carbons (Fsp3) is 0.304. The second kappa shape index (κ2) is 7.50. The summed E-state index contributed by atoms with van der Waals surface area (Å²) in [4.78, 5) is 29.4. The van der Waals surface area contributed by atoms with Gasteiger partial charge in [0.25, 0.3) is 5.91 Å². The number of carbonyl (C=O) groups excluding carboxylic acids is 1. The van der Waals surface area contributed by atoms with Crippen molar-refractivity contribution in [2.45, 2.75) is 13.5 Å². The Kier molecular flexibility index (Phi) is 4.67. The smallest absolute Gasteiger partial charge is 0.349 e. The lowest BCUT2D eigenvalue weighted by atomic mass is 10.1. The molecule has 154 valence electrons. The van der Waals surface area contributed by atoms with Gasteiger partial charge in [0.2, 0.25) is 6.79 Å². The van der Waals surface area contributed by atoms with Gasteiger partial charge in [0.15, 0.2) is 11.5 Å². The Morgan fingerprint density at radius 2 is 1.80 bits per heavy atom. The van der Waals surface area contributed by atoms with Crippen molar-refractivity contribution in [2.75, 3.05) is 33.0 Å². The van der Waals surface area contributed by atoms with Crippen LogP contribution < -0.4 is 15.1 Å². The molecule has 1 saturated heterocycles. The molecule has 30 heavy (non-hydrogen) atoms. The van der Waals surface area contributed by atoms with E-state index in [-0.39, 0.29) is 18.3 Å². The average molecular weight is 406 g/mol. The number of aryl methyl sites for hydroxylation is 1. The Morgan fingerprint density at radius 3 is 2.63 bits per heavy atom. The minimum absolute atomic E-state index is 0.0947. The molecule has 7 heteroatoms. The first kappa shape index (κ1) is 18.7. The molecule has 0 aliphatic carbocycles. The van der Waals surface area contributed by atoms with Crippen molar-refractivity contribution in [1.29, 1.82) is 0 Å². The Hall–Kier alpha value is -3.32. The highest BCUT2D eigenvalue weighted by Crippen LogP contribution is 2.32. The molecule has 3 aromatic rings. The molecular formula is C23H22N2O5. The van der Waals surface area contributed by atoms with Crippen LogP contribution in [0.25, 0.3) is 11.0 Å². The van der Waals surface area contributed by atoms with E-state index < -0.39 is 5.63 Å². The highest BCUT2D eigenvalue weighted by molar-refractivity contribution is 5.97.